The number of rotatable bonds is 9. The lowest BCUT2D eigenvalue weighted by Crippen LogP contribution is -2.45. The summed E-state index contributed by atoms with van der Waals surface area (Å²) in [6.45, 7) is 2.22. The molecule has 32 heavy (non-hydrogen) atoms. The van der Waals surface area contributed by atoms with Crippen LogP contribution in [0.3, 0.4) is 0 Å². The van der Waals surface area contributed by atoms with Gasteiger partial charge >= 0.3 is 0 Å². The quantitative estimate of drug-likeness (QED) is 0.512. The first-order chi connectivity index (χ1) is 15.6. The second-order valence-electron chi connectivity index (χ2n) is 7.38. The second-order valence-corrected chi connectivity index (χ2v) is 8.36. The third-order valence-corrected chi connectivity index (χ3v) is 5.85. The fraction of sp³-hybridized carbons (Fsp3) is 0.304. The highest BCUT2D eigenvalue weighted by Gasteiger charge is 2.23. The van der Waals surface area contributed by atoms with Crippen molar-refractivity contribution in [1.82, 2.24) is 15.5 Å². The largest absolute Gasteiger partial charge is 0.454 e. The van der Waals surface area contributed by atoms with Gasteiger partial charge in [0.2, 0.25) is 23.7 Å². The van der Waals surface area contributed by atoms with Crippen molar-refractivity contribution in [2.45, 2.75) is 38.6 Å². The summed E-state index contributed by atoms with van der Waals surface area (Å²) in [6.07, 6.45) is 2.47. The number of unbranched alkanes of at least 4 members (excludes halogenated alkanes) is 1. The average Bonchev–Trinajstić information content (AvgIpc) is 3.47. The molecule has 166 valence electrons. The minimum Gasteiger partial charge on any atom is -0.454 e. The molecule has 0 spiro atoms. The van der Waals surface area contributed by atoms with Crippen LogP contribution in [0.4, 0.5) is 5.13 Å². The van der Waals surface area contributed by atoms with E-state index in [0.29, 0.717) is 34.5 Å². The van der Waals surface area contributed by atoms with Crippen LogP contribution in [0.1, 0.15) is 31.7 Å². The van der Waals surface area contributed by atoms with Crippen molar-refractivity contribution in [1.29, 1.82) is 0 Å². The molecular formula is C23H24N4O4S. The predicted molar refractivity (Wildman–Crippen MR) is 122 cm³/mol. The second kappa shape index (κ2) is 10.2. The molecule has 2 heterocycles. The van der Waals surface area contributed by atoms with E-state index in [4.69, 9.17) is 9.47 Å². The number of ether oxygens (including phenoxy) is 2. The molecule has 1 aliphatic heterocycles. The molecule has 2 aromatic carbocycles. The van der Waals surface area contributed by atoms with Crippen molar-refractivity contribution in [2.24, 2.45) is 0 Å². The maximum absolute atomic E-state index is 13.0. The number of anilines is 1. The third-order valence-electron chi connectivity index (χ3n) is 4.97. The number of hydrogen-bond donors (Lipinski definition) is 2. The van der Waals surface area contributed by atoms with Gasteiger partial charge in [0.25, 0.3) is 0 Å². The Morgan fingerprint density at radius 1 is 1.09 bits per heavy atom. The van der Waals surface area contributed by atoms with E-state index in [-0.39, 0.29) is 18.6 Å². The van der Waals surface area contributed by atoms with E-state index in [1.807, 2.05) is 55.5 Å². The fourth-order valence-electron chi connectivity index (χ4n) is 3.28. The molecule has 0 aliphatic carbocycles. The Labute approximate surface area is 190 Å². The summed E-state index contributed by atoms with van der Waals surface area (Å²) in [4.78, 5) is 25.3. The molecule has 1 aliphatic rings. The number of amides is 2. The Hall–Kier alpha value is -3.46. The smallest absolute Gasteiger partial charge is 0.249 e. The highest BCUT2D eigenvalue weighted by atomic mass is 32.1. The number of aromatic nitrogens is 2. The van der Waals surface area contributed by atoms with Crippen LogP contribution in [-0.4, -0.2) is 34.8 Å². The van der Waals surface area contributed by atoms with Gasteiger partial charge in [-0.15, -0.1) is 10.2 Å². The lowest BCUT2D eigenvalue weighted by atomic mass is 10.0. The minimum absolute atomic E-state index is 0.138. The zero-order chi connectivity index (χ0) is 22.3. The highest BCUT2D eigenvalue weighted by molar-refractivity contribution is 7.18. The van der Waals surface area contributed by atoms with Crippen molar-refractivity contribution in [3.8, 4) is 22.1 Å². The lowest BCUT2D eigenvalue weighted by molar-refractivity contribution is -0.126. The molecule has 1 atom stereocenters. The molecule has 8 nitrogen and oxygen atoms in total. The van der Waals surface area contributed by atoms with Crippen LogP contribution in [0.25, 0.3) is 10.6 Å². The van der Waals surface area contributed by atoms with E-state index in [2.05, 4.69) is 20.8 Å². The van der Waals surface area contributed by atoms with Gasteiger partial charge in [0.1, 0.15) is 11.0 Å². The van der Waals surface area contributed by atoms with Gasteiger partial charge in [0.05, 0.1) is 0 Å². The predicted octanol–water partition coefficient (Wildman–Crippen LogP) is 3.79. The Morgan fingerprint density at radius 3 is 2.72 bits per heavy atom. The molecule has 1 unspecified atom stereocenters. The Bertz CT molecular complexity index is 1090. The highest BCUT2D eigenvalue weighted by Crippen LogP contribution is 2.37. The summed E-state index contributed by atoms with van der Waals surface area (Å²) in [7, 11) is 0. The molecular weight excluding hydrogens is 428 g/mol. The van der Waals surface area contributed by atoms with Gasteiger partial charge in [0, 0.05) is 18.4 Å². The van der Waals surface area contributed by atoms with Crippen LogP contribution in [0.5, 0.6) is 11.5 Å². The molecule has 2 N–H and O–H groups in total. The van der Waals surface area contributed by atoms with Crippen LogP contribution < -0.4 is 20.1 Å². The number of fused-ring (bicyclic) bond motifs is 1. The SMILES string of the molecule is CCCCC(=O)NC(Cc1ccccc1)C(=O)Nc1nnc(-c2ccc3c(c2)OCO3)s1. The number of benzene rings is 2. The lowest BCUT2D eigenvalue weighted by Gasteiger charge is -2.18. The van der Waals surface area contributed by atoms with E-state index >= 15 is 0 Å². The zero-order valence-electron chi connectivity index (χ0n) is 17.7. The van der Waals surface area contributed by atoms with Crippen molar-refractivity contribution in [3.05, 3.63) is 54.1 Å². The summed E-state index contributed by atoms with van der Waals surface area (Å²) >= 11 is 1.25. The zero-order valence-corrected chi connectivity index (χ0v) is 18.5. The number of carbonyl (C=O) groups is 2. The van der Waals surface area contributed by atoms with E-state index < -0.39 is 6.04 Å². The molecule has 2 amide bonds. The van der Waals surface area contributed by atoms with Crippen LogP contribution in [0.15, 0.2) is 48.5 Å². The minimum atomic E-state index is -0.709. The van der Waals surface area contributed by atoms with Gasteiger partial charge in [-0.3, -0.25) is 14.9 Å². The average molecular weight is 453 g/mol. The summed E-state index contributed by atoms with van der Waals surface area (Å²) < 4.78 is 10.7. The normalized spacial score (nSPS) is 12.9. The van der Waals surface area contributed by atoms with Crippen molar-refractivity contribution in [2.75, 3.05) is 12.1 Å². The summed E-state index contributed by atoms with van der Waals surface area (Å²) in [5, 5.41) is 14.9. The Balaban J connectivity index is 1.45. The summed E-state index contributed by atoms with van der Waals surface area (Å²) in [6, 6.07) is 14.4. The first-order valence-electron chi connectivity index (χ1n) is 10.5. The molecule has 3 aromatic rings. The molecule has 0 fully saturated rings. The fourth-order valence-corrected chi connectivity index (χ4v) is 4.02. The van der Waals surface area contributed by atoms with Gasteiger partial charge in [-0.1, -0.05) is 55.0 Å². The van der Waals surface area contributed by atoms with Crippen LogP contribution >= 0.6 is 11.3 Å². The number of hydrogen-bond acceptors (Lipinski definition) is 7. The molecule has 9 heteroatoms. The topological polar surface area (TPSA) is 102 Å². The van der Waals surface area contributed by atoms with Gasteiger partial charge in [0.15, 0.2) is 11.5 Å². The molecule has 0 saturated heterocycles. The first-order valence-corrected chi connectivity index (χ1v) is 11.3. The van der Waals surface area contributed by atoms with Crippen LogP contribution in [-0.2, 0) is 16.0 Å². The van der Waals surface area contributed by atoms with Gasteiger partial charge in [-0.2, -0.15) is 0 Å². The Morgan fingerprint density at radius 2 is 1.91 bits per heavy atom. The van der Waals surface area contributed by atoms with Gasteiger partial charge in [-0.05, 0) is 30.2 Å². The molecule has 0 bridgehead atoms. The van der Waals surface area contributed by atoms with Gasteiger partial charge < -0.3 is 14.8 Å². The molecule has 0 saturated carbocycles. The van der Waals surface area contributed by atoms with Crippen LogP contribution in [0.2, 0.25) is 0 Å². The number of carbonyl (C=O) groups excluding carboxylic acids is 2. The molecule has 4 rings (SSSR count). The molecule has 1 aromatic heterocycles. The summed E-state index contributed by atoms with van der Waals surface area (Å²) in [5.41, 5.74) is 1.78. The van der Waals surface area contributed by atoms with E-state index in [1.165, 1.54) is 11.3 Å². The van der Waals surface area contributed by atoms with Crippen LogP contribution in [0, 0.1) is 0 Å². The van der Waals surface area contributed by atoms with Gasteiger partial charge in [-0.25, -0.2) is 0 Å². The maximum atomic E-state index is 13.0. The maximum Gasteiger partial charge on any atom is 0.249 e. The van der Waals surface area contributed by atoms with Crippen molar-refractivity contribution in [3.63, 3.8) is 0 Å². The number of nitrogens with one attached hydrogen (secondary N) is 2. The first kappa shape index (κ1) is 21.8. The molecule has 0 radical (unpaired) electrons. The van der Waals surface area contributed by atoms with Crippen molar-refractivity contribution < 1.29 is 19.1 Å². The van der Waals surface area contributed by atoms with E-state index in [9.17, 15) is 9.59 Å². The van der Waals surface area contributed by atoms with E-state index in [1.54, 1.807) is 0 Å². The number of nitrogens with zero attached hydrogens (tertiary/aromatic N) is 2. The standard InChI is InChI=1S/C23H24N4O4S/c1-2-3-9-20(28)24-17(12-15-7-5-4-6-8-15)21(29)25-23-27-26-22(32-23)16-10-11-18-19(13-16)31-14-30-18/h4-8,10-11,13,17H,2-3,9,12,14H2,1H3,(H,24,28)(H,25,27,29). The van der Waals surface area contributed by atoms with E-state index in [0.717, 1.165) is 24.0 Å². The monoisotopic (exact) mass is 452 g/mol. The Kier molecular flexibility index (Phi) is 6.96. The van der Waals surface area contributed by atoms with Crippen molar-refractivity contribution >= 4 is 28.3 Å². The summed E-state index contributed by atoms with van der Waals surface area (Å²) in [5.74, 6) is 0.878. The third kappa shape index (κ3) is 5.42.